The van der Waals surface area contributed by atoms with Gasteiger partial charge in [-0.25, -0.2) is 8.42 Å². The minimum Gasteiger partial charge on any atom is -0.350 e. The maximum absolute atomic E-state index is 12.2. The first-order valence-corrected chi connectivity index (χ1v) is 9.12. The third-order valence-electron chi connectivity index (χ3n) is 2.32. The highest BCUT2D eigenvalue weighted by molar-refractivity contribution is 9.11. The molecule has 0 aromatic carbocycles. The van der Waals surface area contributed by atoms with Gasteiger partial charge in [-0.15, -0.1) is 11.3 Å². The number of hydrogen-bond donors (Lipinski definition) is 2. The largest absolute Gasteiger partial charge is 0.350 e. The van der Waals surface area contributed by atoms with Crippen molar-refractivity contribution in [2.45, 2.75) is 50.4 Å². The molecule has 1 heterocycles. The summed E-state index contributed by atoms with van der Waals surface area (Å²) in [7, 11) is -3.68. The van der Waals surface area contributed by atoms with Gasteiger partial charge in [0.05, 0.1) is 9.83 Å². The Bertz CT molecular complexity index is 583. The van der Waals surface area contributed by atoms with E-state index in [1.807, 2.05) is 27.7 Å². The highest BCUT2D eigenvalue weighted by atomic mass is 79.9. The van der Waals surface area contributed by atoms with Gasteiger partial charge in [0.15, 0.2) is 0 Å². The molecule has 0 aliphatic rings. The molecule has 5 nitrogen and oxygen atoms in total. The Labute approximate surface area is 132 Å². The number of halogens is 1. The van der Waals surface area contributed by atoms with Crippen LogP contribution < -0.4 is 10.0 Å². The van der Waals surface area contributed by atoms with Crippen molar-refractivity contribution in [3.8, 4) is 0 Å². The van der Waals surface area contributed by atoms with Gasteiger partial charge in [-0.05, 0) is 62.2 Å². The van der Waals surface area contributed by atoms with E-state index in [9.17, 15) is 13.2 Å². The highest BCUT2D eigenvalue weighted by Crippen LogP contribution is 2.30. The maximum Gasteiger partial charge on any atom is 0.250 e. The Balaban J connectivity index is 2.83. The van der Waals surface area contributed by atoms with Crippen molar-refractivity contribution < 1.29 is 13.2 Å². The lowest BCUT2D eigenvalue weighted by Gasteiger charge is -2.23. The number of aryl methyl sites for hydroxylation is 1. The van der Waals surface area contributed by atoms with E-state index in [2.05, 4.69) is 26.0 Å². The van der Waals surface area contributed by atoms with Crippen LogP contribution in [0.25, 0.3) is 0 Å². The molecule has 1 atom stereocenters. The van der Waals surface area contributed by atoms with E-state index >= 15 is 0 Å². The van der Waals surface area contributed by atoms with Gasteiger partial charge in [-0.2, -0.15) is 4.72 Å². The summed E-state index contributed by atoms with van der Waals surface area (Å²) < 4.78 is 27.7. The predicted molar refractivity (Wildman–Crippen MR) is 84.4 cm³/mol. The zero-order chi connectivity index (χ0) is 15.7. The monoisotopic (exact) mass is 382 g/mol. The molecule has 0 aliphatic heterocycles. The van der Waals surface area contributed by atoms with Crippen LogP contribution in [0.15, 0.2) is 14.1 Å². The second kappa shape index (κ2) is 6.13. The number of sulfonamides is 1. The Hall–Kier alpha value is -0.440. The van der Waals surface area contributed by atoms with Crippen LogP contribution in [-0.4, -0.2) is 25.9 Å². The summed E-state index contributed by atoms with van der Waals surface area (Å²) in [6, 6.07) is 0.742. The average Bonchev–Trinajstić information content (AvgIpc) is 2.57. The molecule has 0 bridgehead atoms. The van der Waals surface area contributed by atoms with E-state index in [0.717, 1.165) is 20.7 Å². The fraction of sp³-hybridized carbons (Fsp3) is 0.583. The summed E-state index contributed by atoms with van der Waals surface area (Å²) in [5.74, 6) is -0.353. The topological polar surface area (TPSA) is 75.3 Å². The highest BCUT2D eigenvalue weighted by Gasteiger charge is 2.26. The summed E-state index contributed by atoms with van der Waals surface area (Å²) in [6.07, 6.45) is 0. The van der Waals surface area contributed by atoms with E-state index in [4.69, 9.17) is 0 Å². The molecule has 114 valence electrons. The van der Waals surface area contributed by atoms with Crippen molar-refractivity contribution in [3.05, 3.63) is 15.4 Å². The Kier molecular flexibility index (Phi) is 5.40. The first-order valence-electron chi connectivity index (χ1n) is 6.02. The van der Waals surface area contributed by atoms with Gasteiger partial charge in [-0.1, -0.05) is 0 Å². The van der Waals surface area contributed by atoms with Crippen LogP contribution in [0.1, 0.15) is 33.3 Å². The summed E-state index contributed by atoms with van der Waals surface area (Å²) in [5.41, 5.74) is 0.446. The average molecular weight is 383 g/mol. The minimum absolute atomic E-state index is 0.192. The predicted octanol–water partition coefficient (Wildman–Crippen LogP) is 2.40. The number of carbonyl (C=O) groups excluding carboxylic acids is 1. The molecule has 0 saturated carbocycles. The van der Waals surface area contributed by atoms with Crippen molar-refractivity contribution in [3.63, 3.8) is 0 Å². The molecule has 1 unspecified atom stereocenters. The molecule has 1 aromatic heterocycles. The molecular weight excluding hydrogens is 364 g/mol. The zero-order valence-electron chi connectivity index (χ0n) is 12.1. The summed E-state index contributed by atoms with van der Waals surface area (Å²) in [5, 5.41) is 2.74. The van der Waals surface area contributed by atoms with Crippen LogP contribution in [0.3, 0.4) is 0 Å². The van der Waals surface area contributed by atoms with Gasteiger partial charge in [0.2, 0.25) is 5.91 Å². The molecule has 0 aliphatic carbocycles. The smallest absolute Gasteiger partial charge is 0.250 e. The Morgan fingerprint density at radius 1 is 1.40 bits per heavy atom. The lowest BCUT2D eigenvalue weighted by Crippen LogP contribution is -2.50. The molecule has 20 heavy (non-hydrogen) atoms. The fourth-order valence-corrected chi connectivity index (χ4v) is 4.83. The number of rotatable bonds is 4. The third kappa shape index (κ3) is 4.83. The molecule has 1 aromatic rings. The first-order chi connectivity index (χ1) is 8.92. The number of nitrogens with one attached hydrogen (secondary N) is 2. The van der Waals surface area contributed by atoms with E-state index < -0.39 is 21.6 Å². The van der Waals surface area contributed by atoms with Crippen molar-refractivity contribution in [1.82, 2.24) is 10.0 Å². The molecular formula is C12H19BrN2O3S2. The lowest BCUT2D eigenvalue weighted by atomic mass is 10.1. The fourth-order valence-electron chi connectivity index (χ4n) is 1.39. The van der Waals surface area contributed by atoms with Crippen LogP contribution in [-0.2, 0) is 14.8 Å². The standard InChI is InChI=1S/C12H19BrN2O3S2/c1-7-6-9(19-10(7)13)20(17,18)15-8(2)11(16)14-12(3,4)5/h6,8,15H,1-5H3,(H,14,16). The lowest BCUT2D eigenvalue weighted by molar-refractivity contribution is -0.123. The molecule has 1 amide bonds. The van der Waals surface area contributed by atoms with Gasteiger partial charge < -0.3 is 5.32 Å². The maximum atomic E-state index is 12.2. The number of amides is 1. The van der Waals surface area contributed by atoms with Crippen LogP contribution in [0, 0.1) is 6.92 Å². The van der Waals surface area contributed by atoms with Crippen molar-refractivity contribution in [2.75, 3.05) is 0 Å². The number of carbonyl (C=O) groups is 1. The Morgan fingerprint density at radius 3 is 2.35 bits per heavy atom. The van der Waals surface area contributed by atoms with E-state index in [1.54, 1.807) is 6.07 Å². The van der Waals surface area contributed by atoms with Crippen molar-refractivity contribution in [1.29, 1.82) is 0 Å². The third-order valence-corrected chi connectivity index (χ3v) is 6.47. The summed E-state index contributed by atoms with van der Waals surface area (Å²) in [4.78, 5) is 11.9. The van der Waals surface area contributed by atoms with Crippen LogP contribution in [0.4, 0.5) is 0 Å². The molecule has 2 N–H and O–H groups in total. The molecule has 0 fully saturated rings. The second-order valence-electron chi connectivity index (χ2n) is 5.60. The van der Waals surface area contributed by atoms with Gasteiger partial charge in [0, 0.05) is 5.54 Å². The van der Waals surface area contributed by atoms with Gasteiger partial charge in [0.25, 0.3) is 10.0 Å². The van der Waals surface area contributed by atoms with Crippen molar-refractivity contribution >= 4 is 43.2 Å². The summed E-state index contributed by atoms with van der Waals surface area (Å²) >= 11 is 4.41. The van der Waals surface area contributed by atoms with Crippen LogP contribution in [0.5, 0.6) is 0 Å². The second-order valence-corrected chi connectivity index (χ2v) is 9.92. The molecule has 8 heteroatoms. The van der Waals surface area contributed by atoms with Gasteiger partial charge in [0.1, 0.15) is 4.21 Å². The zero-order valence-corrected chi connectivity index (χ0v) is 15.3. The van der Waals surface area contributed by atoms with Gasteiger partial charge >= 0.3 is 0 Å². The normalized spacial score (nSPS) is 14.1. The Morgan fingerprint density at radius 2 is 1.95 bits per heavy atom. The summed E-state index contributed by atoms with van der Waals surface area (Å²) in [6.45, 7) is 8.85. The molecule has 0 spiro atoms. The molecule has 0 saturated heterocycles. The first kappa shape index (κ1) is 17.6. The molecule has 0 radical (unpaired) electrons. The number of hydrogen-bond acceptors (Lipinski definition) is 4. The van der Waals surface area contributed by atoms with E-state index in [0.29, 0.717) is 0 Å². The molecule has 1 rings (SSSR count). The minimum atomic E-state index is -3.68. The van der Waals surface area contributed by atoms with Gasteiger partial charge in [-0.3, -0.25) is 4.79 Å². The van der Waals surface area contributed by atoms with Crippen LogP contribution >= 0.6 is 27.3 Å². The van der Waals surface area contributed by atoms with Crippen LogP contribution in [0.2, 0.25) is 0 Å². The van der Waals surface area contributed by atoms with Crippen molar-refractivity contribution in [2.24, 2.45) is 0 Å². The van der Waals surface area contributed by atoms with E-state index in [1.165, 1.54) is 6.92 Å². The quantitative estimate of drug-likeness (QED) is 0.839. The van der Waals surface area contributed by atoms with E-state index in [-0.39, 0.29) is 10.1 Å². The number of thiophene rings is 1. The SMILES string of the molecule is Cc1cc(S(=O)(=O)NC(C)C(=O)NC(C)(C)C)sc1Br.